The predicted molar refractivity (Wildman–Crippen MR) is 96.3 cm³/mol. The molecule has 3 nitrogen and oxygen atoms in total. The molecule has 0 heterocycles. The van der Waals surface area contributed by atoms with Gasteiger partial charge in [0.15, 0.2) is 0 Å². The van der Waals surface area contributed by atoms with Gasteiger partial charge in [-0.1, -0.05) is 24.4 Å². The van der Waals surface area contributed by atoms with Gasteiger partial charge in [-0.15, -0.1) is 0 Å². The molecule has 22 heavy (non-hydrogen) atoms. The van der Waals surface area contributed by atoms with E-state index in [1.807, 2.05) is 11.9 Å². The molecule has 1 saturated carbocycles. The number of aryl methyl sites for hydroxylation is 1. The van der Waals surface area contributed by atoms with Crippen LogP contribution < -0.4 is 15.2 Å². The summed E-state index contributed by atoms with van der Waals surface area (Å²) in [5.74, 6) is 2.95. The molecule has 0 saturated heterocycles. The van der Waals surface area contributed by atoms with E-state index in [1.54, 1.807) is 0 Å². The maximum absolute atomic E-state index is 5.93. The number of nitrogens with two attached hydrogens (primary N) is 1. The minimum atomic E-state index is 0.336. The first-order valence-corrected chi connectivity index (χ1v) is 9.49. The van der Waals surface area contributed by atoms with Crippen molar-refractivity contribution < 1.29 is 4.74 Å². The highest BCUT2D eigenvalue weighted by atomic mass is 32.2. The molecule has 0 amide bonds. The molecule has 3 N–H and O–H groups in total. The number of rotatable bonds is 11. The van der Waals surface area contributed by atoms with Gasteiger partial charge >= 0.3 is 0 Å². The molecular formula is C18H30N2OS. The summed E-state index contributed by atoms with van der Waals surface area (Å²) < 4.78 is 9.46. The first-order chi connectivity index (χ1) is 10.7. The second-order valence-electron chi connectivity index (χ2n) is 6.37. The number of hydrogen-bond donors (Lipinski definition) is 2. The van der Waals surface area contributed by atoms with Crippen LogP contribution in [0.2, 0.25) is 0 Å². The van der Waals surface area contributed by atoms with E-state index in [1.165, 1.54) is 36.8 Å². The van der Waals surface area contributed by atoms with Crippen molar-refractivity contribution in [3.05, 3.63) is 29.3 Å². The molecule has 0 unspecified atom stereocenters. The highest BCUT2D eigenvalue weighted by Crippen LogP contribution is 2.30. The van der Waals surface area contributed by atoms with Gasteiger partial charge in [0, 0.05) is 11.8 Å². The minimum absolute atomic E-state index is 0.336. The molecule has 1 aliphatic carbocycles. The molecular weight excluding hydrogens is 292 g/mol. The molecule has 0 bridgehead atoms. The van der Waals surface area contributed by atoms with Gasteiger partial charge in [-0.25, -0.2) is 0 Å². The predicted octanol–water partition coefficient (Wildman–Crippen LogP) is 4.21. The number of benzene rings is 1. The lowest BCUT2D eigenvalue weighted by molar-refractivity contribution is 0.299. The van der Waals surface area contributed by atoms with E-state index in [0.29, 0.717) is 6.04 Å². The Morgan fingerprint density at radius 2 is 2.09 bits per heavy atom. The van der Waals surface area contributed by atoms with Gasteiger partial charge in [-0.2, -0.15) is 0 Å². The van der Waals surface area contributed by atoms with E-state index < -0.39 is 0 Å². The molecule has 0 aromatic heterocycles. The van der Waals surface area contributed by atoms with Crippen LogP contribution in [0, 0.1) is 12.8 Å². The fraction of sp³-hybridized carbons (Fsp3) is 0.667. The first-order valence-electron chi connectivity index (χ1n) is 8.51. The minimum Gasteiger partial charge on any atom is -0.493 e. The Morgan fingerprint density at radius 3 is 2.82 bits per heavy atom. The van der Waals surface area contributed by atoms with Crippen LogP contribution in [0.3, 0.4) is 0 Å². The SMILES string of the molecule is Cc1cc(OCC2CC2)cc([C@H](C)NSCCCCCN)c1. The van der Waals surface area contributed by atoms with Crippen LogP contribution in [0.4, 0.5) is 0 Å². The summed E-state index contributed by atoms with van der Waals surface area (Å²) >= 11 is 1.81. The molecule has 1 atom stereocenters. The van der Waals surface area contributed by atoms with E-state index in [2.05, 4.69) is 36.8 Å². The van der Waals surface area contributed by atoms with Crippen LogP contribution in [0.25, 0.3) is 0 Å². The molecule has 0 spiro atoms. The molecule has 2 rings (SSSR count). The van der Waals surface area contributed by atoms with Crippen LogP contribution in [0.1, 0.15) is 56.2 Å². The normalized spacial score (nSPS) is 15.8. The molecule has 0 aliphatic heterocycles. The lowest BCUT2D eigenvalue weighted by atomic mass is 10.1. The van der Waals surface area contributed by atoms with Crippen molar-refractivity contribution in [2.24, 2.45) is 11.7 Å². The highest BCUT2D eigenvalue weighted by Gasteiger charge is 2.22. The quantitative estimate of drug-likeness (QED) is 0.473. The smallest absolute Gasteiger partial charge is 0.119 e. The molecule has 1 aliphatic rings. The van der Waals surface area contributed by atoms with Gasteiger partial charge < -0.3 is 10.5 Å². The lowest BCUT2D eigenvalue weighted by Gasteiger charge is -2.16. The summed E-state index contributed by atoms with van der Waals surface area (Å²) in [5, 5.41) is 0. The fourth-order valence-corrected chi connectivity index (χ4v) is 3.21. The summed E-state index contributed by atoms with van der Waals surface area (Å²) in [6.07, 6.45) is 6.25. The number of ether oxygens (including phenoxy) is 1. The first kappa shape index (κ1) is 17.6. The standard InChI is InChI=1S/C18H30N2OS/c1-14-10-17(12-18(11-14)21-13-16-6-7-16)15(2)20-22-9-5-3-4-8-19/h10-12,15-16,20H,3-9,13,19H2,1-2H3/t15-/m0/s1. The zero-order valence-corrected chi connectivity index (χ0v) is 14.8. The van der Waals surface area contributed by atoms with Crippen LogP contribution in [0.5, 0.6) is 5.75 Å². The average molecular weight is 323 g/mol. The Bertz CT molecular complexity index is 449. The van der Waals surface area contributed by atoms with Crippen LogP contribution in [-0.4, -0.2) is 18.9 Å². The van der Waals surface area contributed by atoms with Gasteiger partial charge in [0.05, 0.1) is 6.61 Å². The highest BCUT2D eigenvalue weighted by molar-refractivity contribution is 7.97. The average Bonchev–Trinajstić information content (AvgIpc) is 3.32. The Balaban J connectivity index is 1.76. The lowest BCUT2D eigenvalue weighted by Crippen LogP contribution is -2.12. The molecule has 4 heteroatoms. The molecule has 1 aromatic rings. The molecule has 1 fully saturated rings. The largest absolute Gasteiger partial charge is 0.493 e. The summed E-state index contributed by atoms with van der Waals surface area (Å²) in [7, 11) is 0. The second kappa shape index (κ2) is 9.43. The van der Waals surface area contributed by atoms with E-state index in [9.17, 15) is 0 Å². The Hall–Kier alpha value is -0.710. The fourth-order valence-electron chi connectivity index (χ4n) is 2.36. The third-order valence-electron chi connectivity index (χ3n) is 3.97. The molecule has 0 radical (unpaired) electrons. The zero-order chi connectivity index (χ0) is 15.8. The summed E-state index contributed by atoms with van der Waals surface area (Å²) in [4.78, 5) is 0. The summed E-state index contributed by atoms with van der Waals surface area (Å²) in [6.45, 7) is 6.04. The van der Waals surface area contributed by atoms with Gasteiger partial charge in [-0.05, 0) is 75.3 Å². The van der Waals surface area contributed by atoms with Crippen LogP contribution in [0.15, 0.2) is 18.2 Å². The van der Waals surface area contributed by atoms with E-state index in [0.717, 1.165) is 37.0 Å². The van der Waals surface area contributed by atoms with Crippen molar-refractivity contribution in [3.8, 4) is 5.75 Å². The summed E-state index contributed by atoms with van der Waals surface area (Å²) in [6, 6.07) is 6.90. The third kappa shape index (κ3) is 6.59. The van der Waals surface area contributed by atoms with E-state index >= 15 is 0 Å². The number of hydrogen-bond acceptors (Lipinski definition) is 4. The van der Waals surface area contributed by atoms with E-state index in [4.69, 9.17) is 10.5 Å². The van der Waals surface area contributed by atoms with Crippen molar-refractivity contribution in [2.45, 2.75) is 52.0 Å². The maximum atomic E-state index is 5.93. The Kier molecular flexibility index (Phi) is 7.56. The van der Waals surface area contributed by atoms with Crippen molar-refractivity contribution in [3.63, 3.8) is 0 Å². The van der Waals surface area contributed by atoms with Gasteiger partial charge in [0.2, 0.25) is 0 Å². The van der Waals surface area contributed by atoms with Gasteiger partial charge in [0.1, 0.15) is 5.75 Å². The summed E-state index contributed by atoms with van der Waals surface area (Å²) in [5.41, 5.74) is 8.08. The molecule has 1 aromatic carbocycles. The Labute approximate surface area is 139 Å². The number of unbranched alkanes of at least 4 members (excludes halogenated alkanes) is 2. The van der Waals surface area contributed by atoms with Crippen molar-refractivity contribution >= 4 is 11.9 Å². The van der Waals surface area contributed by atoms with Crippen molar-refractivity contribution in [1.82, 2.24) is 4.72 Å². The number of nitrogens with one attached hydrogen (secondary N) is 1. The van der Waals surface area contributed by atoms with Crippen molar-refractivity contribution in [1.29, 1.82) is 0 Å². The van der Waals surface area contributed by atoms with Crippen LogP contribution in [-0.2, 0) is 0 Å². The third-order valence-corrected chi connectivity index (χ3v) is 4.98. The second-order valence-corrected chi connectivity index (χ2v) is 7.30. The van der Waals surface area contributed by atoms with Crippen molar-refractivity contribution in [2.75, 3.05) is 18.9 Å². The molecule has 124 valence electrons. The van der Waals surface area contributed by atoms with Gasteiger partial charge in [0.25, 0.3) is 0 Å². The van der Waals surface area contributed by atoms with E-state index in [-0.39, 0.29) is 0 Å². The van der Waals surface area contributed by atoms with Gasteiger partial charge in [-0.3, -0.25) is 4.72 Å². The maximum Gasteiger partial charge on any atom is 0.119 e. The zero-order valence-electron chi connectivity index (χ0n) is 13.9. The van der Waals surface area contributed by atoms with Crippen LogP contribution >= 0.6 is 11.9 Å². The monoisotopic (exact) mass is 322 g/mol. The topological polar surface area (TPSA) is 47.3 Å². The Morgan fingerprint density at radius 1 is 1.27 bits per heavy atom.